The quantitative estimate of drug-likeness (QED) is 0.438. The minimum atomic E-state index is 0. The van der Waals surface area contributed by atoms with E-state index in [1.165, 1.54) is 5.56 Å². The van der Waals surface area contributed by atoms with Crippen molar-refractivity contribution in [1.82, 2.24) is 0 Å². The average molecular weight is 303 g/mol. The maximum atomic E-state index is 3.18. The van der Waals surface area contributed by atoms with E-state index in [1.54, 1.807) is 0 Å². The van der Waals surface area contributed by atoms with E-state index < -0.39 is 0 Å². The molecule has 0 atom stereocenters. The van der Waals surface area contributed by atoms with E-state index in [-0.39, 0.29) is 122 Å². The molecule has 0 aliphatic rings. The van der Waals surface area contributed by atoms with Crippen molar-refractivity contribution < 1.29 is 116 Å². The van der Waals surface area contributed by atoms with E-state index in [4.69, 9.17) is 0 Å². The summed E-state index contributed by atoms with van der Waals surface area (Å²) < 4.78 is 0. The summed E-state index contributed by atoms with van der Waals surface area (Å²) in [6.45, 7) is 6.52. The van der Waals surface area contributed by atoms with Crippen LogP contribution in [0.25, 0.3) is 0 Å². The molecule has 1 aromatic carbocycles. The standard InChI is InChI=1S/C10H12.2Rb/c1-10(2,3)9-7-5-4-6-8-9;;/h4-5,8H,1-3H3;;/q-2;2*+1. The maximum absolute atomic E-state index is 3.18. The van der Waals surface area contributed by atoms with Gasteiger partial charge in [0.15, 0.2) is 0 Å². The first kappa shape index (κ1) is 17.2. The predicted octanol–water partition coefficient (Wildman–Crippen LogP) is -3.41. The van der Waals surface area contributed by atoms with E-state index in [1.807, 2.05) is 18.2 Å². The van der Waals surface area contributed by atoms with E-state index in [0.29, 0.717) is 0 Å². The molecule has 1 aromatic rings. The van der Waals surface area contributed by atoms with Crippen molar-refractivity contribution >= 4 is 0 Å². The van der Waals surface area contributed by atoms with Gasteiger partial charge in [0.2, 0.25) is 0 Å². The van der Waals surface area contributed by atoms with Gasteiger partial charge in [0.05, 0.1) is 0 Å². The molecule has 0 bridgehead atoms. The van der Waals surface area contributed by atoms with Crippen LogP contribution in [0.2, 0.25) is 0 Å². The van der Waals surface area contributed by atoms with Crippen molar-refractivity contribution in [2.24, 2.45) is 0 Å². The summed E-state index contributed by atoms with van der Waals surface area (Å²) in [6.07, 6.45) is 0. The zero-order valence-electron chi connectivity index (χ0n) is 8.73. The van der Waals surface area contributed by atoms with Crippen molar-refractivity contribution in [3.8, 4) is 0 Å². The fourth-order valence-electron chi connectivity index (χ4n) is 0.786. The Morgan fingerprint density at radius 1 is 1.08 bits per heavy atom. The molecule has 54 valence electrons. The van der Waals surface area contributed by atoms with E-state index in [2.05, 4.69) is 32.9 Å². The van der Waals surface area contributed by atoms with Gasteiger partial charge < -0.3 is 12.1 Å². The largest absolute Gasteiger partial charge is 1.00 e. The molecule has 1 rings (SSSR count). The summed E-state index contributed by atoms with van der Waals surface area (Å²) in [5, 5.41) is 0. The molecule has 0 amide bonds. The molecule has 0 aromatic heterocycles. The molecule has 12 heavy (non-hydrogen) atoms. The zero-order chi connectivity index (χ0) is 7.61. The van der Waals surface area contributed by atoms with Crippen molar-refractivity contribution in [3.63, 3.8) is 0 Å². The molecule has 0 heterocycles. The predicted molar refractivity (Wildman–Crippen MR) is 42.8 cm³/mol. The van der Waals surface area contributed by atoms with Crippen LogP contribution in [-0.2, 0) is 5.41 Å². The van der Waals surface area contributed by atoms with E-state index >= 15 is 0 Å². The second-order valence-electron chi connectivity index (χ2n) is 3.45. The second-order valence-corrected chi connectivity index (χ2v) is 3.45. The van der Waals surface area contributed by atoms with Gasteiger partial charge in [-0.05, 0) is 0 Å². The molecule has 2 heteroatoms. The third-order valence-electron chi connectivity index (χ3n) is 1.45. The van der Waals surface area contributed by atoms with Crippen LogP contribution in [0.1, 0.15) is 26.3 Å². The Balaban J connectivity index is 0. The molecule has 0 fully saturated rings. The van der Waals surface area contributed by atoms with Crippen LogP contribution in [0, 0.1) is 12.1 Å². The molecule has 0 nitrogen and oxygen atoms in total. The first-order valence-electron chi connectivity index (χ1n) is 3.49. The Bertz CT molecular complexity index is 199. The summed E-state index contributed by atoms with van der Waals surface area (Å²) in [4.78, 5) is 0. The number of rotatable bonds is 0. The van der Waals surface area contributed by atoms with Gasteiger partial charge in [-0.2, -0.15) is 0 Å². The minimum Gasteiger partial charge on any atom is -0.319 e. The van der Waals surface area contributed by atoms with Gasteiger partial charge in [-0.3, -0.25) is 23.8 Å². The first-order chi connectivity index (χ1) is 4.61. The Morgan fingerprint density at radius 2 is 1.67 bits per heavy atom. The molecule has 0 unspecified atom stereocenters. The fraction of sp³-hybridized carbons (Fsp3) is 0.400. The Hall–Kier alpha value is 2.83. The van der Waals surface area contributed by atoms with Gasteiger partial charge >= 0.3 is 116 Å². The molecular weight excluding hydrogens is 291 g/mol. The van der Waals surface area contributed by atoms with Crippen molar-refractivity contribution in [1.29, 1.82) is 0 Å². The third kappa shape index (κ3) is 6.34. The number of hydrogen-bond acceptors (Lipinski definition) is 0. The Kier molecular flexibility index (Phi) is 11.5. The summed E-state index contributed by atoms with van der Waals surface area (Å²) in [5.74, 6) is 0. The fourth-order valence-corrected chi connectivity index (χ4v) is 0.786. The van der Waals surface area contributed by atoms with E-state index in [9.17, 15) is 0 Å². The van der Waals surface area contributed by atoms with Crippen molar-refractivity contribution in [2.75, 3.05) is 0 Å². The van der Waals surface area contributed by atoms with Crippen molar-refractivity contribution in [3.05, 3.63) is 35.9 Å². The molecule has 0 aliphatic heterocycles. The van der Waals surface area contributed by atoms with Crippen molar-refractivity contribution in [2.45, 2.75) is 26.2 Å². The van der Waals surface area contributed by atoms with Gasteiger partial charge in [0, 0.05) is 0 Å². The molecule has 0 saturated heterocycles. The van der Waals surface area contributed by atoms with Crippen LogP contribution < -0.4 is 116 Å². The number of hydrogen-bond donors (Lipinski definition) is 0. The topological polar surface area (TPSA) is 0 Å². The third-order valence-corrected chi connectivity index (χ3v) is 1.45. The number of benzene rings is 1. The Labute approximate surface area is 173 Å². The molecular formula is C10H12Rb2. The summed E-state index contributed by atoms with van der Waals surface area (Å²) >= 11 is 0. The van der Waals surface area contributed by atoms with Crippen LogP contribution in [0.15, 0.2) is 18.2 Å². The molecule has 0 N–H and O–H groups in total. The van der Waals surface area contributed by atoms with Gasteiger partial charge in [0.25, 0.3) is 0 Å². The van der Waals surface area contributed by atoms with E-state index in [0.717, 1.165) is 0 Å². The maximum Gasteiger partial charge on any atom is 1.00 e. The molecule has 0 saturated carbocycles. The van der Waals surface area contributed by atoms with Crippen LogP contribution in [0.5, 0.6) is 0 Å². The SMILES string of the molecule is CC(C)(C)c1[c-]cc[c-]c1.[Rb+].[Rb+]. The van der Waals surface area contributed by atoms with Crippen LogP contribution in [0.3, 0.4) is 0 Å². The average Bonchev–Trinajstić information content (AvgIpc) is 1.88. The minimum absolute atomic E-state index is 0. The Morgan fingerprint density at radius 3 is 1.92 bits per heavy atom. The van der Waals surface area contributed by atoms with Crippen LogP contribution in [-0.4, -0.2) is 0 Å². The van der Waals surface area contributed by atoms with Gasteiger partial charge in [0.1, 0.15) is 0 Å². The zero-order valence-corrected chi connectivity index (χ0v) is 18.6. The first-order valence-corrected chi connectivity index (χ1v) is 3.49. The van der Waals surface area contributed by atoms with Gasteiger partial charge in [-0.1, -0.05) is 26.2 Å². The monoisotopic (exact) mass is 302 g/mol. The summed E-state index contributed by atoms with van der Waals surface area (Å²) in [7, 11) is 0. The normalized spacial score (nSPS) is 9.58. The molecule has 0 aliphatic carbocycles. The second kappa shape index (κ2) is 8.04. The smallest absolute Gasteiger partial charge is 0.319 e. The van der Waals surface area contributed by atoms with Crippen LogP contribution in [0.4, 0.5) is 0 Å². The van der Waals surface area contributed by atoms with Gasteiger partial charge in [-0.15, -0.1) is 0 Å². The molecule has 0 spiro atoms. The van der Waals surface area contributed by atoms with Gasteiger partial charge in [-0.25, -0.2) is 0 Å². The van der Waals surface area contributed by atoms with Crippen LogP contribution >= 0.6 is 0 Å². The molecule has 0 radical (unpaired) electrons. The summed E-state index contributed by atoms with van der Waals surface area (Å²) in [6, 6.07) is 12.0. The summed E-state index contributed by atoms with van der Waals surface area (Å²) in [5.41, 5.74) is 1.42.